The number of aromatic nitrogens is 1. The minimum Gasteiger partial charge on any atom is -0.497 e. The number of hydrogen-bond donors (Lipinski definition) is 0. The summed E-state index contributed by atoms with van der Waals surface area (Å²) in [7, 11) is 1.55. The van der Waals surface area contributed by atoms with Crippen molar-refractivity contribution in [3.05, 3.63) is 40.7 Å². The van der Waals surface area contributed by atoms with E-state index in [9.17, 15) is 9.59 Å². The summed E-state index contributed by atoms with van der Waals surface area (Å²) in [6.07, 6.45) is 2.79. The lowest BCUT2D eigenvalue weighted by Gasteiger charge is -2.34. The van der Waals surface area contributed by atoms with E-state index in [0.29, 0.717) is 35.4 Å². The molecule has 0 N–H and O–H groups in total. The van der Waals surface area contributed by atoms with E-state index in [0.717, 1.165) is 19.3 Å². The zero-order valence-electron chi connectivity index (χ0n) is 17.1. The van der Waals surface area contributed by atoms with E-state index in [-0.39, 0.29) is 36.6 Å². The molecule has 1 aliphatic rings. The first-order valence-electron chi connectivity index (χ1n) is 9.90. The maximum absolute atomic E-state index is 12.9. The minimum absolute atomic E-state index is 0.0680. The van der Waals surface area contributed by atoms with Crippen LogP contribution in [0.4, 0.5) is 0 Å². The van der Waals surface area contributed by atoms with E-state index < -0.39 is 0 Å². The number of esters is 1. The largest absolute Gasteiger partial charge is 0.497 e. The Morgan fingerprint density at radius 1 is 1.30 bits per heavy atom. The van der Waals surface area contributed by atoms with E-state index >= 15 is 0 Å². The fourth-order valence-corrected chi connectivity index (χ4v) is 3.62. The van der Waals surface area contributed by atoms with Gasteiger partial charge in [0.15, 0.2) is 11.5 Å². The summed E-state index contributed by atoms with van der Waals surface area (Å²) in [5, 5.41) is 4.29. The van der Waals surface area contributed by atoms with Crippen LogP contribution in [-0.4, -0.2) is 48.2 Å². The van der Waals surface area contributed by atoms with Gasteiger partial charge in [-0.2, -0.15) is 0 Å². The molecule has 9 heteroatoms. The summed E-state index contributed by atoms with van der Waals surface area (Å²) < 4.78 is 21.1. The fraction of sp³-hybridized carbons (Fsp3) is 0.476. The number of carbonyl (C=O) groups is 2. The molecule has 0 spiro atoms. The van der Waals surface area contributed by atoms with E-state index in [1.165, 1.54) is 0 Å². The lowest BCUT2D eigenvalue weighted by Crippen LogP contribution is -2.45. The van der Waals surface area contributed by atoms with Crippen molar-refractivity contribution in [1.82, 2.24) is 10.1 Å². The first-order valence-corrected chi connectivity index (χ1v) is 10.3. The molecule has 8 nitrogen and oxygen atoms in total. The number of ether oxygens (including phenoxy) is 3. The summed E-state index contributed by atoms with van der Waals surface area (Å²) in [6.45, 7) is 2.73. The van der Waals surface area contributed by atoms with Crippen LogP contribution < -0.4 is 9.47 Å². The maximum Gasteiger partial charge on any atom is 0.307 e. The van der Waals surface area contributed by atoms with Gasteiger partial charge >= 0.3 is 5.97 Å². The molecule has 162 valence electrons. The molecule has 1 aliphatic heterocycles. The number of rotatable bonds is 8. The van der Waals surface area contributed by atoms with Crippen LogP contribution >= 0.6 is 11.6 Å². The fourth-order valence-electron chi connectivity index (χ4n) is 3.40. The van der Waals surface area contributed by atoms with Crippen molar-refractivity contribution in [2.24, 2.45) is 0 Å². The predicted octanol–water partition coefficient (Wildman–Crippen LogP) is 3.86. The van der Waals surface area contributed by atoms with Crippen molar-refractivity contribution in [2.75, 3.05) is 20.3 Å². The zero-order valence-corrected chi connectivity index (χ0v) is 17.8. The molecular weight excluding hydrogens is 412 g/mol. The Morgan fingerprint density at radius 3 is 2.87 bits per heavy atom. The molecule has 1 atom stereocenters. The predicted molar refractivity (Wildman–Crippen MR) is 109 cm³/mol. The third-order valence-corrected chi connectivity index (χ3v) is 5.18. The highest BCUT2D eigenvalue weighted by atomic mass is 35.5. The summed E-state index contributed by atoms with van der Waals surface area (Å²) in [4.78, 5) is 26.5. The van der Waals surface area contributed by atoms with Gasteiger partial charge in [-0.25, -0.2) is 0 Å². The number of amides is 1. The van der Waals surface area contributed by atoms with E-state index in [4.69, 9.17) is 30.3 Å². The number of nitrogens with zero attached hydrogens (tertiary/aromatic N) is 2. The third kappa shape index (κ3) is 5.44. The van der Waals surface area contributed by atoms with Crippen LogP contribution in [0.5, 0.6) is 11.5 Å². The van der Waals surface area contributed by atoms with Gasteiger partial charge in [-0.3, -0.25) is 9.59 Å². The molecule has 1 saturated heterocycles. The second-order valence-corrected chi connectivity index (χ2v) is 7.33. The zero-order chi connectivity index (χ0) is 21.5. The normalized spacial score (nSPS) is 16.2. The van der Waals surface area contributed by atoms with Crippen LogP contribution in [0.15, 0.2) is 28.8 Å². The SMILES string of the molecule is CCOC(=O)C[C@@H]1CCCCN1C(=O)c1cc(COc2ccc(OC)cc2Cl)on1. The number of methoxy groups -OCH3 is 1. The van der Waals surface area contributed by atoms with Gasteiger partial charge in [0.1, 0.15) is 18.1 Å². The minimum atomic E-state index is -0.298. The van der Waals surface area contributed by atoms with Gasteiger partial charge in [-0.05, 0) is 38.3 Å². The van der Waals surface area contributed by atoms with E-state index in [2.05, 4.69) is 5.16 Å². The van der Waals surface area contributed by atoms with Crippen molar-refractivity contribution in [1.29, 1.82) is 0 Å². The second kappa shape index (κ2) is 10.3. The number of halogens is 1. The second-order valence-electron chi connectivity index (χ2n) is 6.92. The van der Waals surface area contributed by atoms with Gasteiger partial charge in [-0.15, -0.1) is 0 Å². The lowest BCUT2D eigenvalue weighted by atomic mass is 9.99. The van der Waals surface area contributed by atoms with Crippen molar-refractivity contribution >= 4 is 23.5 Å². The molecule has 0 bridgehead atoms. The maximum atomic E-state index is 12.9. The Bertz CT molecular complexity index is 884. The molecule has 0 aliphatic carbocycles. The average Bonchev–Trinajstić information content (AvgIpc) is 3.22. The Hall–Kier alpha value is -2.74. The van der Waals surface area contributed by atoms with E-state index in [1.54, 1.807) is 43.2 Å². The van der Waals surface area contributed by atoms with E-state index in [1.807, 2.05) is 0 Å². The molecule has 0 radical (unpaired) electrons. The van der Waals surface area contributed by atoms with Gasteiger partial charge in [0, 0.05) is 24.7 Å². The molecule has 2 heterocycles. The van der Waals surface area contributed by atoms with Crippen LogP contribution in [0.2, 0.25) is 5.02 Å². The molecule has 1 aromatic carbocycles. The van der Waals surface area contributed by atoms with Gasteiger partial charge in [-0.1, -0.05) is 16.8 Å². The first kappa shape index (κ1) is 22.0. The van der Waals surface area contributed by atoms with Crippen LogP contribution in [0.25, 0.3) is 0 Å². The molecular formula is C21H25ClN2O6. The molecule has 2 aromatic rings. The van der Waals surface area contributed by atoms with Crippen molar-refractivity contribution < 1.29 is 28.3 Å². The van der Waals surface area contributed by atoms with Gasteiger partial charge in [0.2, 0.25) is 0 Å². The number of carbonyl (C=O) groups excluding carboxylic acids is 2. The van der Waals surface area contributed by atoms with Crippen molar-refractivity contribution in [2.45, 2.75) is 45.3 Å². The molecule has 30 heavy (non-hydrogen) atoms. The van der Waals surface area contributed by atoms with Crippen LogP contribution in [0.1, 0.15) is 48.9 Å². The number of benzene rings is 1. The van der Waals surface area contributed by atoms with Crippen LogP contribution in [-0.2, 0) is 16.1 Å². The topological polar surface area (TPSA) is 91.1 Å². The lowest BCUT2D eigenvalue weighted by molar-refractivity contribution is -0.144. The van der Waals surface area contributed by atoms with Gasteiger partial charge in [0.05, 0.1) is 25.2 Å². The Balaban J connectivity index is 1.62. The summed E-state index contributed by atoms with van der Waals surface area (Å²) in [5.41, 5.74) is 0.185. The van der Waals surface area contributed by atoms with Crippen LogP contribution in [0, 0.1) is 0 Å². The quantitative estimate of drug-likeness (QED) is 0.580. The standard InChI is InChI=1S/C21H25ClN2O6/c1-3-28-20(25)10-14-6-4-5-9-24(14)21(26)18-12-16(30-23-18)13-29-19-8-7-15(27-2)11-17(19)22/h7-8,11-12,14H,3-6,9-10,13H2,1-2H3/t14-/m0/s1. The summed E-state index contributed by atoms with van der Waals surface area (Å²) in [6, 6.07) is 6.43. The Morgan fingerprint density at radius 2 is 2.13 bits per heavy atom. The molecule has 0 saturated carbocycles. The molecule has 3 rings (SSSR count). The molecule has 0 unspecified atom stereocenters. The molecule has 1 aromatic heterocycles. The summed E-state index contributed by atoms with van der Waals surface area (Å²) >= 11 is 6.16. The highest BCUT2D eigenvalue weighted by Crippen LogP contribution is 2.29. The highest BCUT2D eigenvalue weighted by molar-refractivity contribution is 6.32. The monoisotopic (exact) mass is 436 g/mol. The van der Waals surface area contributed by atoms with Crippen molar-refractivity contribution in [3.8, 4) is 11.5 Å². The number of piperidine rings is 1. The van der Waals surface area contributed by atoms with Gasteiger partial charge < -0.3 is 23.6 Å². The molecule has 1 amide bonds. The Labute approximate surface area is 180 Å². The van der Waals surface area contributed by atoms with Gasteiger partial charge in [0.25, 0.3) is 5.91 Å². The van der Waals surface area contributed by atoms with Crippen LogP contribution in [0.3, 0.4) is 0 Å². The number of likely N-dealkylation sites (tertiary alicyclic amines) is 1. The van der Waals surface area contributed by atoms with Crippen molar-refractivity contribution in [3.63, 3.8) is 0 Å². The summed E-state index contributed by atoms with van der Waals surface area (Å²) in [5.74, 6) is 0.921. The average molecular weight is 437 g/mol. The smallest absolute Gasteiger partial charge is 0.307 e. The third-order valence-electron chi connectivity index (χ3n) is 4.88. The number of hydrogen-bond acceptors (Lipinski definition) is 7. The highest BCUT2D eigenvalue weighted by Gasteiger charge is 2.31. The Kier molecular flexibility index (Phi) is 7.57. The molecule has 1 fully saturated rings. The first-order chi connectivity index (χ1) is 14.5.